The van der Waals surface area contributed by atoms with Crippen molar-refractivity contribution < 1.29 is 27.5 Å². The number of nitrogens with one attached hydrogen (secondary N) is 1. The van der Waals surface area contributed by atoms with E-state index in [0.717, 1.165) is 21.0 Å². The van der Waals surface area contributed by atoms with Gasteiger partial charge in [0.25, 0.3) is 10.0 Å². The topological polar surface area (TPSA) is 105 Å². The van der Waals surface area contributed by atoms with Crippen LogP contribution in [0.3, 0.4) is 0 Å². The molecule has 3 aromatic carbocycles. The first-order valence-corrected chi connectivity index (χ1v) is 15.6. The molecule has 0 aromatic heterocycles. The van der Waals surface area contributed by atoms with Crippen molar-refractivity contribution in [1.29, 1.82) is 0 Å². The van der Waals surface area contributed by atoms with Crippen LogP contribution in [0.4, 0.5) is 5.69 Å². The van der Waals surface area contributed by atoms with Crippen LogP contribution in [-0.4, -0.2) is 57.5 Å². The maximum Gasteiger partial charge on any atom is 0.264 e. The minimum Gasteiger partial charge on any atom is -0.497 e. The number of anilines is 1. The van der Waals surface area contributed by atoms with Gasteiger partial charge in [0.1, 0.15) is 24.1 Å². The third-order valence-corrected chi connectivity index (χ3v) is 8.67. The van der Waals surface area contributed by atoms with Crippen LogP contribution < -0.4 is 19.1 Å². The van der Waals surface area contributed by atoms with Gasteiger partial charge in [0.2, 0.25) is 11.8 Å². The molecule has 2 amide bonds. The summed E-state index contributed by atoms with van der Waals surface area (Å²) in [4.78, 5) is 29.3. The molecule has 0 bridgehead atoms. The van der Waals surface area contributed by atoms with Crippen LogP contribution in [0.2, 0.25) is 0 Å². The van der Waals surface area contributed by atoms with Crippen LogP contribution in [0.15, 0.2) is 71.6 Å². The highest BCUT2D eigenvalue weighted by Gasteiger charge is 2.35. The molecule has 0 aliphatic rings. The Labute approximate surface area is 255 Å². The molecule has 1 N–H and O–H groups in total. The van der Waals surface area contributed by atoms with Gasteiger partial charge in [-0.25, -0.2) is 8.42 Å². The maximum atomic E-state index is 14.3. The van der Waals surface area contributed by atoms with Gasteiger partial charge in [-0.2, -0.15) is 0 Å². The number of amides is 2. The minimum atomic E-state index is -4.27. The Morgan fingerprint density at radius 2 is 1.47 bits per heavy atom. The molecular formula is C33H43N3O6S. The molecule has 43 heavy (non-hydrogen) atoms. The van der Waals surface area contributed by atoms with Gasteiger partial charge in [-0.15, -0.1) is 0 Å². The Bertz CT molecular complexity index is 1510. The molecule has 0 heterocycles. The Balaban J connectivity index is 2.16. The summed E-state index contributed by atoms with van der Waals surface area (Å²) in [5.41, 5.74) is 2.36. The van der Waals surface area contributed by atoms with Gasteiger partial charge in [-0.3, -0.25) is 13.9 Å². The molecule has 0 unspecified atom stereocenters. The molecule has 0 radical (unpaired) electrons. The second kappa shape index (κ2) is 13.9. The first-order valence-electron chi connectivity index (χ1n) is 14.2. The monoisotopic (exact) mass is 609 g/mol. The lowest BCUT2D eigenvalue weighted by molar-refractivity contribution is -0.141. The number of methoxy groups -OCH3 is 2. The SMILES string of the molecule is CC[C@H](C(=O)NC(C)(C)C)N(Cc1ccc(C)cc1)C(=O)CN(c1cc(OC)ccc1OC)S(=O)(=O)c1ccc(C)cc1. The van der Waals surface area contributed by atoms with Crippen LogP contribution in [0, 0.1) is 13.8 Å². The standard InChI is InChI=1S/C33H43N3O6S/c1-9-28(32(38)34-33(4,5)6)35(21-25-14-10-23(2)11-15-25)31(37)22-36(29-20-26(41-7)16-19-30(29)42-8)43(39,40)27-17-12-24(3)13-18-27/h10-20,28H,9,21-22H2,1-8H3,(H,34,38)/t28-/m1/s1. The maximum absolute atomic E-state index is 14.3. The van der Waals surface area contributed by atoms with Crippen molar-refractivity contribution in [2.45, 2.75) is 71.0 Å². The molecule has 9 nitrogen and oxygen atoms in total. The second-order valence-corrected chi connectivity index (χ2v) is 13.4. The Morgan fingerprint density at radius 1 is 0.884 bits per heavy atom. The summed E-state index contributed by atoms with van der Waals surface area (Å²) in [7, 11) is -1.37. The van der Waals surface area contributed by atoms with Gasteiger partial charge in [-0.1, -0.05) is 54.4 Å². The smallest absolute Gasteiger partial charge is 0.264 e. The number of aryl methyl sites for hydroxylation is 2. The van der Waals surface area contributed by atoms with E-state index in [4.69, 9.17) is 9.47 Å². The zero-order valence-corrected chi connectivity index (χ0v) is 27.1. The van der Waals surface area contributed by atoms with Crippen molar-refractivity contribution >= 4 is 27.5 Å². The first kappa shape index (κ1) is 33.5. The minimum absolute atomic E-state index is 0.0124. The zero-order chi connectivity index (χ0) is 31.9. The molecule has 1 atom stereocenters. The number of hydrogen-bond donors (Lipinski definition) is 1. The number of hydrogen-bond acceptors (Lipinski definition) is 6. The molecular weight excluding hydrogens is 566 g/mol. The highest BCUT2D eigenvalue weighted by Crippen LogP contribution is 2.36. The van der Waals surface area contributed by atoms with Crippen LogP contribution in [0.5, 0.6) is 11.5 Å². The lowest BCUT2D eigenvalue weighted by Gasteiger charge is -2.35. The molecule has 3 aromatic rings. The average Bonchev–Trinajstić information content (AvgIpc) is 2.95. The zero-order valence-electron chi connectivity index (χ0n) is 26.3. The van der Waals surface area contributed by atoms with Crippen molar-refractivity contribution in [1.82, 2.24) is 10.2 Å². The molecule has 0 spiro atoms. The van der Waals surface area contributed by atoms with Gasteiger partial charge in [0.15, 0.2) is 0 Å². The van der Waals surface area contributed by atoms with Crippen molar-refractivity contribution in [2.75, 3.05) is 25.1 Å². The molecule has 10 heteroatoms. The third-order valence-electron chi connectivity index (χ3n) is 6.90. The van der Waals surface area contributed by atoms with Crippen molar-refractivity contribution in [3.8, 4) is 11.5 Å². The fourth-order valence-corrected chi connectivity index (χ4v) is 6.02. The summed E-state index contributed by atoms with van der Waals surface area (Å²) in [6.07, 6.45) is 0.326. The lowest BCUT2D eigenvalue weighted by atomic mass is 10.1. The predicted molar refractivity (Wildman–Crippen MR) is 169 cm³/mol. The van der Waals surface area contributed by atoms with E-state index in [-0.39, 0.29) is 28.8 Å². The number of carbonyl (C=O) groups excluding carboxylic acids is 2. The second-order valence-electron chi connectivity index (χ2n) is 11.5. The summed E-state index contributed by atoms with van der Waals surface area (Å²) >= 11 is 0. The number of sulfonamides is 1. The highest BCUT2D eigenvalue weighted by atomic mass is 32.2. The molecule has 0 aliphatic heterocycles. The van der Waals surface area contributed by atoms with Gasteiger partial charge in [0, 0.05) is 18.2 Å². The van der Waals surface area contributed by atoms with E-state index in [0.29, 0.717) is 12.2 Å². The highest BCUT2D eigenvalue weighted by molar-refractivity contribution is 7.92. The van der Waals surface area contributed by atoms with Gasteiger partial charge >= 0.3 is 0 Å². The first-order chi connectivity index (χ1) is 20.2. The Hall–Kier alpha value is -4.05. The van der Waals surface area contributed by atoms with E-state index in [1.54, 1.807) is 24.3 Å². The lowest BCUT2D eigenvalue weighted by Crippen LogP contribution is -2.55. The van der Waals surface area contributed by atoms with Crippen molar-refractivity contribution in [2.24, 2.45) is 0 Å². The van der Waals surface area contributed by atoms with E-state index in [2.05, 4.69) is 5.32 Å². The number of rotatable bonds is 12. The summed E-state index contributed by atoms with van der Waals surface area (Å²) < 4.78 is 40.4. The van der Waals surface area contributed by atoms with Gasteiger partial charge in [0.05, 0.1) is 24.8 Å². The van der Waals surface area contributed by atoms with Crippen LogP contribution in [0.25, 0.3) is 0 Å². The molecule has 232 valence electrons. The van der Waals surface area contributed by atoms with Crippen LogP contribution >= 0.6 is 0 Å². The largest absolute Gasteiger partial charge is 0.497 e. The number of nitrogens with zero attached hydrogens (tertiary/aromatic N) is 2. The van der Waals surface area contributed by atoms with E-state index in [1.807, 2.05) is 65.8 Å². The molecule has 3 rings (SSSR count). The summed E-state index contributed by atoms with van der Waals surface area (Å²) in [6, 6.07) is 18.0. The molecule has 0 aliphatic carbocycles. The van der Waals surface area contributed by atoms with Crippen LogP contribution in [0.1, 0.15) is 50.8 Å². The molecule has 0 saturated carbocycles. The normalized spacial score (nSPS) is 12.3. The Kier molecular flexibility index (Phi) is 10.9. The predicted octanol–water partition coefficient (Wildman–Crippen LogP) is 5.24. The quantitative estimate of drug-likeness (QED) is 0.301. The summed E-state index contributed by atoms with van der Waals surface area (Å²) in [5, 5.41) is 2.98. The van der Waals surface area contributed by atoms with E-state index in [1.165, 1.54) is 37.3 Å². The van der Waals surface area contributed by atoms with E-state index < -0.39 is 34.1 Å². The Morgan fingerprint density at radius 3 is 1.98 bits per heavy atom. The van der Waals surface area contributed by atoms with E-state index >= 15 is 0 Å². The number of benzene rings is 3. The average molecular weight is 610 g/mol. The van der Waals surface area contributed by atoms with Crippen molar-refractivity contribution in [3.05, 3.63) is 83.4 Å². The molecule has 0 fully saturated rings. The number of carbonyl (C=O) groups is 2. The summed E-state index contributed by atoms with van der Waals surface area (Å²) in [6.45, 7) is 10.8. The van der Waals surface area contributed by atoms with Crippen LogP contribution in [-0.2, 0) is 26.2 Å². The fourth-order valence-electron chi connectivity index (χ4n) is 4.61. The summed E-state index contributed by atoms with van der Waals surface area (Å²) in [5.74, 6) is -0.230. The third kappa shape index (κ3) is 8.50. The fraction of sp³-hybridized carbons (Fsp3) is 0.394. The van der Waals surface area contributed by atoms with Gasteiger partial charge < -0.3 is 19.7 Å². The number of ether oxygens (including phenoxy) is 2. The van der Waals surface area contributed by atoms with Gasteiger partial charge in [-0.05, 0) is 70.9 Å². The van der Waals surface area contributed by atoms with E-state index in [9.17, 15) is 18.0 Å². The van der Waals surface area contributed by atoms with Crippen molar-refractivity contribution in [3.63, 3.8) is 0 Å². The molecule has 0 saturated heterocycles.